The van der Waals surface area contributed by atoms with Crippen LogP contribution in [0.5, 0.6) is 0 Å². The summed E-state index contributed by atoms with van der Waals surface area (Å²) in [6.45, 7) is 70.1. The van der Waals surface area contributed by atoms with Crippen molar-refractivity contribution in [2.24, 2.45) is 45.3 Å². The average Bonchev–Trinajstić information content (AvgIpc) is 3.96. The summed E-state index contributed by atoms with van der Waals surface area (Å²) in [4.78, 5) is 11.1. The van der Waals surface area contributed by atoms with E-state index >= 15 is 0 Å². The Kier molecular flexibility index (Phi) is 38.6. The van der Waals surface area contributed by atoms with Crippen molar-refractivity contribution < 1.29 is 0 Å². The molecule has 0 amide bonds. The Morgan fingerprint density at radius 2 is 1.54 bits per heavy atom. The molecule has 67 heavy (non-hydrogen) atoms. The van der Waals surface area contributed by atoms with Crippen molar-refractivity contribution >= 4 is 11.5 Å². The molecular weight excluding hydrogens is 817 g/mol. The maximum absolute atomic E-state index is 5.96. The van der Waals surface area contributed by atoms with Crippen LogP contribution in [0, 0.1) is 29.6 Å². The van der Waals surface area contributed by atoms with E-state index in [2.05, 4.69) is 160 Å². The van der Waals surface area contributed by atoms with E-state index < -0.39 is 0 Å². The predicted molar refractivity (Wildman–Crippen MR) is 308 cm³/mol. The zero-order valence-corrected chi connectivity index (χ0v) is 47.4. The third-order valence-electron chi connectivity index (χ3n) is 12.6. The topological polar surface area (TPSA) is 78.0 Å². The minimum absolute atomic E-state index is 0.637. The first-order chi connectivity index (χ1) is 31.6. The van der Waals surface area contributed by atoms with Gasteiger partial charge in [0.05, 0.1) is 18.0 Å². The van der Waals surface area contributed by atoms with Gasteiger partial charge in [0.15, 0.2) is 0 Å². The molecule has 0 aromatic heterocycles. The van der Waals surface area contributed by atoms with Crippen molar-refractivity contribution in [1.29, 1.82) is 0 Å². The van der Waals surface area contributed by atoms with Crippen LogP contribution < -0.4 is 16.4 Å². The van der Waals surface area contributed by atoms with Gasteiger partial charge in [-0.05, 0) is 133 Å². The predicted octanol–water partition coefficient (Wildman–Crippen LogP) is 17.0. The number of unbranched alkanes of at least 4 members (excludes halogenated alkanes) is 1. The Labute approximate surface area is 417 Å². The summed E-state index contributed by atoms with van der Waals surface area (Å²) in [6, 6.07) is 0. The zero-order chi connectivity index (χ0) is 52.4. The Morgan fingerprint density at radius 1 is 0.925 bits per heavy atom. The van der Waals surface area contributed by atoms with Crippen molar-refractivity contribution in [3.8, 4) is 0 Å². The number of aliphatic imine (C=N–C) groups is 2. The van der Waals surface area contributed by atoms with Crippen molar-refractivity contribution in [2.45, 2.75) is 182 Å². The number of nitrogens with one attached hydrogen (secondary N) is 2. The fraction of sp³-hybridized carbons (Fsp3) is 0.607. The highest BCUT2D eigenvalue weighted by Crippen LogP contribution is 2.53. The molecule has 1 heterocycles. The molecule has 0 spiro atoms. The maximum Gasteiger partial charge on any atom is 0.120 e. The molecule has 1 saturated carbocycles. The van der Waals surface area contributed by atoms with Crippen molar-refractivity contribution in [3.05, 3.63) is 132 Å². The smallest absolute Gasteiger partial charge is 0.120 e. The molecule has 4 N–H and O–H groups in total. The Bertz CT molecular complexity index is 1740. The van der Waals surface area contributed by atoms with Crippen LogP contribution in [0.1, 0.15) is 182 Å². The average molecular weight is 926 g/mol. The Morgan fingerprint density at radius 3 is 1.99 bits per heavy atom. The quantitative estimate of drug-likeness (QED) is 0.0332. The van der Waals surface area contributed by atoms with Gasteiger partial charge in [0.1, 0.15) is 5.84 Å². The lowest BCUT2D eigenvalue weighted by molar-refractivity contribution is 0.328. The number of allylic oxidation sites excluding steroid dienone is 9. The number of hydrogen-bond acceptors (Lipinski definition) is 5. The van der Waals surface area contributed by atoms with E-state index in [0.717, 1.165) is 115 Å². The summed E-state index contributed by atoms with van der Waals surface area (Å²) >= 11 is 0. The molecule has 6 heteroatoms. The van der Waals surface area contributed by atoms with Crippen LogP contribution in [-0.4, -0.2) is 49.2 Å². The van der Waals surface area contributed by atoms with Crippen LogP contribution >= 0.6 is 0 Å². The third kappa shape index (κ3) is 27.9. The molecule has 1 aliphatic heterocycles. The van der Waals surface area contributed by atoms with Crippen LogP contribution in [0.3, 0.4) is 0 Å². The van der Waals surface area contributed by atoms with Gasteiger partial charge in [0.2, 0.25) is 0 Å². The molecule has 0 bridgehead atoms. The second kappa shape index (κ2) is 38.6. The molecule has 3 rings (SSSR count). The van der Waals surface area contributed by atoms with Gasteiger partial charge >= 0.3 is 0 Å². The first-order valence-electron chi connectivity index (χ1n) is 26.0. The van der Waals surface area contributed by atoms with Gasteiger partial charge in [0.25, 0.3) is 0 Å². The van der Waals surface area contributed by atoms with Crippen LogP contribution in [0.2, 0.25) is 0 Å². The molecule has 0 aromatic carbocycles. The summed E-state index contributed by atoms with van der Waals surface area (Å²) in [5.41, 5.74) is 21.5. The lowest BCUT2D eigenvalue weighted by Gasteiger charge is -2.39. The van der Waals surface area contributed by atoms with Crippen molar-refractivity contribution in [3.63, 3.8) is 0 Å². The maximum atomic E-state index is 5.96. The molecular formula is C61H108N6. The first-order valence-corrected chi connectivity index (χ1v) is 26.0. The van der Waals surface area contributed by atoms with Gasteiger partial charge in [-0.1, -0.05) is 175 Å². The fourth-order valence-corrected chi connectivity index (χ4v) is 8.08. The van der Waals surface area contributed by atoms with Gasteiger partial charge in [0, 0.05) is 49.7 Å². The molecule has 382 valence electrons. The normalized spacial score (nSPS) is 18.5. The number of hydrogen-bond donors (Lipinski definition) is 3. The van der Waals surface area contributed by atoms with Crippen molar-refractivity contribution in [2.75, 3.05) is 32.7 Å². The van der Waals surface area contributed by atoms with Gasteiger partial charge < -0.3 is 21.3 Å². The van der Waals surface area contributed by atoms with E-state index in [1.54, 1.807) is 5.57 Å². The fourth-order valence-electron chi connectivity index (χ4n) is 8.08. The van der Waals surface area contributed by atoms with Crippen LogP contribution in [0.4, 0.5) is 0 Å². The third-order valence-corrected chi connectivity index (χ3v) is 12.6. The molecule has 3 aliphatic rings. The molecule has 0 aromatic rings. The van der Waals surface area contributed by atoms with Gasteiger partial charge in [-0.2, -0.15) is 0 Å². The van der Waals surface area contributed by atoms with Gasteiger partial charge in [-0.25, -0.2) is 4.99 Å². The molecule has 6 nitrogen and oxygen atoms in total. The van der Waals surface area contributed by atoms with E-state index in [4.69, 9.17) is 5.73 Å². The lowest BCUT2D eigenvalue weighted by atomic mass is 9.88. The highest BCUT2D eigenvalue weighted by Gasteiger charge is 2.47. The van der Waals surface area contributed by atoms with E-state index in [1.807, 2.05) is 54.5 Å². The highest BCUT2D eigenvalue weighted by atomic mass is 15.2. The Balaban J connectivity index is -0.000000800. The Hall–Kier alpha value is -4.32. The van der Waals surface area contributed by atoms with E-state index in [9.17, 15) is 0 Å². The zero-order valence-electron chi connectivity index (χ0n) is 47.4. The SMILES string of the molecule is C=C(C)CN=C(C)N=C(C)C(=C)NCCCC.C=C/C=C(CNC(=C)CC)\C(C)=C(\C)CC(=C)C.C=C1CC(N2CCC(C(C)C)=C(C)C2)=C1N.C=CCCC1C(C)C1C(C)CC.CC.CC. The summed E-state index contributed by atoms with van der Waals surface area (Å²) < 4.78 is 0. The summed E-state index contributed by atoms with van der Waals surface area (Å²) in [6.07, 6.45) is 16.3. The monoisotopic (exact) mass is 925 g/mol. The molecule has 0 saturated heterocycles. The van der Waals surface area contributed by atoms with Crippen LogP contribution in [-0.2, 0) is 0 Å². The second-order valence-corrected chi connectivity index (χ2v) is 18.7. The van der Waals surface area contributed by atoms with Crippen LogP contribution in [0.25, 0.3) is 0 Å². The highest BCUT2D eigenvalue weighted by molar-refractivity contribution is 6.04. The summed E-state index contributed by atoms with van der Waals surface area (Å²) in [7, 11) is 0. The molecule has 4 atom stereocenters. The van der Waals surface area contributed by atoms with E-state index in [0.29, 0.717) is 12.5 Å². The number of amidine groups is 1. The first kappa shape index (κ1) is 67.0. The largest absolute Gasteiger partial charge is 0.397 e. The molecule has 4 unspecified atom stereocenters. The molecule has 1 fully saturated rings. The molecule has 0 radical (unpaired) electrons. The summed E-state index contributed by atoms with van der Waals surface area (Å²) in [5.74, 6) is 5.41. The lowest BCUT2D eigenvalue weighted by Crippen LogP contribution is -2.36. The second-order valence-electron chi connectivity index (χ2n) is 18.7. The molecule has 2 aliphatic carbocycles. The standard InChI is InChI=1S/C17H27N.C14H25N3.C14H22N2.C12H22.2C2H6/c1-8-10-17(12-18-15(6)9-2)16(7)14(5)11-13(3)4;1-7-8-9-15-12(4)13(5)17-14(6)16-10-11(2)3;1-9(2)12-5-6-16(8-11(12)4)13-7-10(3)14(13)15;1-5-7-8-11-10(4)12(11)9(3)6-2;2*1-2/h8,10,18H,1,3,6,9,11-12H2,2,4-5,7H3;15H,2,4,7-10H2,1,3,5-6H3;9H,3,5-8,15H2,1-2,4H3;5,9-12H,1,6-8H2,2-4H3;2*1-2H3/b16-14-,17-10-;;;;;. The van der Waals surface area contributed by atoms with E-state index in [1.165, 1.54) is 65.7 Å². The minimum atomic E-state index is 0.637. The minimum Gasteiger partial charge on any atom is -0.397 e. The van der Waals surface area contributed by atoms with Crippen molar-refractivity contribution in [1.82, 2.24) is 15.5 Å². The number of nitrogens with two attached hydrogens (primary N) is 1. The number of rotatable bonds is 22. The van der Waals surface area contributed by atoms with Crippen LogP contribution in [0.15, 0.2) is 142 Å². The van der Waals surface area contributed by atoms with Gasteiger partial charge in [-0.3, -0.25) is 4.99 Å². The summed E-state index contributed by atoms with van der Waals surface area (Å²) in [5, 5.41) is 6.59. The van der Waals surface area contributed by atoms with E-state index in [-0.39, 0.29) is 0 Å². The number of nitrogens with zero attached hydrogens (tertiary/aromatic N) is 3. The van der Waals surface area contributed by atoms with Gasteiger partial charge in [-0.15, -0.1) is 6.58 Å².